The lowest BCUT2D eigenvalue weighted by Gasteiger charge is -2.28. The molecular weight excluding hydrogens is 224 g/mol. The minimum atomic E-state index is 0.602. The largest absolute Gasteiger partial charge is 0.382 e. The lowest BCUT2D eigenvalue weighted by molar-refractivity contribution is 0.239. The lowest BCUT2D eigenvalue weighted by atomic mass is 10.00. The van der Waals surface area contributed by atoms with E-state index in [1.165, 1.54) is 16.8 Å². The Morgan fingerprint density at radius 3 is 2.78 bits per heavy atom. The molecule has 0 bridgehead atoms. The summed E-state index contributed by atoms with van der Waals surface area (Å²) >= 11 is 0. The third kappa shape index (κ3) is 2.11. The number of anilines is 1. The van der Waals surface area contributed by atoms with Crippen LogP contribution in [0.3, 0.4) is 0 Å². The summed E-state index contributed by atoms with van der Waals surface area (Å²) < 4.78 is 1.87. The van der Waals surface area contributed by atoms with Crippen LogP contribution in [0.4, 0.5) is 5.82 Å². The first-order valence-electron chi connectivity index (χ1n) is 6.30. The van der Waals surface area contributed by atoms with E-state index >= 15 is 0 Å². The van der Waals surface area contributed by atoms with Crippen molar-refractivity contribution in [3.63, 3.8) is 0 Å². The topological polar surface area (TPSA) is 47.1 Å². The van der Waals surface area contributed by atoms with Crippen LogP contribution in [0.15, 0.2) is 30.3 Å². The number of aromatic nitrogens is 2. The van der Waals surface area contributed by atoms with Gasteiger partial charge in [0.2, 0.25) is 0 Å². The van der Waals surface area contributed by atoms with Gasteiger partial charge < -0.3 is 5.73 Å². The second kappa shape index (κ2) is 4.46. The smallest absolute Gasteiger partial charge is 0.145 e. The van der Waals surface area contributed by atoms with Gasteiger partial charge in [-0.1, -0.05) is 24.3 Å². The fourth-order valence-corrected chi connectivity index (χ4v) is 2.60. The van der Waals surface area contributed by atoms with Crippen LogP contribution in [0, 0.1) is 0 Å². The van der Waals surface area contributed by atoms with Crippen molar-refractivity contribution in [2.75, 3.05) is 12.3 Å². The molecule has 2 heterocycles. The average Bonchev–Trinajstić information content (AvgIpc) is 2.68. The Balaban J connectivity index is 1.75. The molecule has 1 aliphatic heterocycles. The van der Waals surface area contributed by atoms with Crippen LogP contribution < -0.4 is 5.73 Å². The number of nitrogens with two attached hydrogens (primary N) is 1. The minimum absolute atomic E-state index is 0.602. The van der Waals surface area contributed by atoms with Crippen molar-refractivity contribution < 1.29 is 0 Å². The van der Waals surface area contributed by atoms with E-state index in [0.29, 0.717) is 5.82 Å². The minimum Gasteiger partial charge on any atom is -0.382 e. The predicted octanol–water partition coefficient (Wildman–Crippen LogP) is 1.56. The van der Waals surface area contributed by atoms with Crippen LogP contribution in [0.25, 0.3) is 0 Å². The van der Waals surface area contributed by atoms with Gasteiger partial charge >= 0.3 is 0 Å². The van der Waals surface area contributed by atoms with E-state index in [-0.39, 0.29) is 0 Å². The van der Waals surface area contributed by atoms with Crippen molar-refractivity contribution in [2.45, 2.75) is 19.5 Å². The Bertz CT molecular complexity index is 559. The number of hydrogen-bond acceptors (Lipinski definition) is 3. The first-order chi connectivity index (χ1) is 8.72. The molecule has 0 saturated carbocycles. The Labute approximate surface area is 107 Å². The van der Waals surface area contributed by atoms with E-state index in [9.17, 15) is 0 Å². The molecule has 4 heteroatoms. The van der Waals surface area contributed by atoms with Gasteiger partial charge in [-0.05, 0) is 17.5 Å². The summed E-state index contributed by atoms with van der Waals surface area (Å²) in [4.78, 5) is 2.44. The predicted molar refractivity (Wildman–Crippen MR) is 71.9 cm³/mol. The average molecular weight is 242 g/mol. The highest BCUT2D eigenvalue weighted by molar-refractivity contribution is 5.31. The van der Waals surface area contributed by atoms with Crippen molar-refractivity contribution in [3.8, 4) is 0 Å². The molecule has 0 saturated heterocycles. The quantitative estimate of drug-likeness (QED) is 0.869. The van der Waals surface area contributed by atoms with E-state index in [0.717, 1.165) is 26.1 Å². The molecule has 1 aromatic heterocycles. The summed E-state index contributed by atoms with van der Waals surface area (Å²) in [5.41, 5.74) is 9.81. The molecule has 18 heavy (non-hydrogen) atoms. The van der Waals surface area contributed by atoms with Crippen molar-refractivity contribution in [2.24, 2.45) is 7.05 Å². The molecule has 0 spiro atoms. The van der Waals surface area contributed by atoms with Gasteiger partial charge in [-0.25, -0.2) is 0 Å². The van der Waals surface area contributed by atoms with Crippen molar-refractivity contribution in [3.05, 3.63) is 47.2 Å². The second-order valence-corrected chi connectivity index (χ2v) is 4.91. The van der Waals surface area contributed by atoms with Gasteiger partial charge in [0.15, 0.2) is 0 Å². The first-order valence-corrected chi connectivity index (χ1v) is 6.30. The molecule has 94 valence electrons. The third-order valence-electron chi connectivity index (χ3n) is 3.59. The molecule has 2 aromatic rings. The molecule has 0 unspecified atom stereocenters. The third-order valence-corrected chi connectivity index (χ3v) is 3.59. The Morgan fingerprint density at radius 1 is 1.28 bits per heavy atom. The maximum atomic E-state index is 5.71. The van der Waals surface area contributed by atoms with E-state index in [1.54, 1.807) is 0 Å². The van der Waals surface area contributed by atoms with Crippen LogP contribution >= 0.6 is 0 Å². The number of nitrogen functional groups attached to an aromatic ring is 1. The molecule has 2 N–H and O–H groups in total. The summed E-state index contributed by atoms with van der Waals surface area (Å²) in [6, 6.07) is 10.6. The molecule has 4 nitrogen and oxygen atoms in total. The Morgan fingerprint density at radius 2 is 2.06 bits per heavy atom. The maximum Gasteiger partial charge on any atom is 0.145 e. The van der Waals surface area contributed by atoms with Crippen LogP contribution in [0.2, 0.25) is 0 Å². The zero-order chi connectivity index (χ0) is 12.5. The monoisotopic (exact) mass is 242 g/mol. The fourth-order valence-electron chi connectivity index (χ4n) is 2.60. The zero-order valence-electron chi connectivity index (χ0n) is 10.6. The SMILES string of the molecule is Cn1nc(N)cc1CN1CCc2ccccc2C1. The van der Waals surface area contributed by atoms with Gasteiger partial charge in [0, 0.05) is 32.7 Å². The van der Waals surface area contributed by atoms with Crippen LogP contribution in [-0.2, 0) is 26.6 Å². The van der Waals surface area contributed by atoms with Gasteiger partial charge in [-0.15, -0.1) is 0 Å². The lowest BCUT2D eigenvalue weighted by Crippen LogP contribution is -2.30. The molecule has 1 aromatic carbocycles. The highest BCUT2D eigenvalue weighted by Crippen LogP contribution is 2.20. The van der Waals surface area contributed by atoms with E-state index < -0.39 is 0 Å². The van der Waals surface area contributed by atoms with Gasteiger partial charge in [0.1, 0.15) is 5.82 Å². The van der Waals surface area contributed by atoms with Gasteiger partial charge in [-0.2, -0.15) is 5.10 Å². The van der Waals surface area contributed by atoms with Gasteiger partial charge in [0.25, 0.3) is 0 Å². The molecule has 0 radical (unpaired) electrons. The maximum absolute atomic E-state index is 5.71. The van der Waals surface area contributed by atoms with Crippen molar-refractivity contribution >= 4 is 5.82 Å². The number of hydrogen-bond donors (Lipinski definition) is 1. The van der Waals surface area contributed by atoms with Crippen LogP contribution in [-0.4, -0.2) is 21.2 Å². The summed E-state index contributed by atoms with van der Waals surface area (Å²) in [5.74, 6) is 0.602. The van der Waals surface area contributed by atoms with Gasteiger partial charge in [-0.3, -0.25) is 9.58 Å². The molecule has 1 aliphatic rings. The highest BCUT2D eigenvalue weighted by Gasteiger charge is 2.17. The molecular formula is C14H18N4. The van der Waals surface area contributed by atoms with Crippen LogP contribution in [0.1, 0.15) is 16.8 Å². The normalized spacial score (nSPS) is 15.6. The standard InChI is InChI=1S/C14H18N4/c1-17-13(8-14(15)16-17)10-18-7-6-11-4-2-3-5-12(11)9-18/h2-5,8H,6-7,9-10H2,1H3,(H2,15,16). The first kappa shape index (κ1) is 11.3. The zero-order valence-corrected chi connectivity index (χ0v) is 10.6. The van der Waals surface area contributed by atoms with E-state index in [1.807, 2.05) is 17.8 Å². The van der Waals surface area contributed by atoms with Crippen molar-refractivity contribution in [1.29, 1.82) is 0 Å². The number of benzene rings is 1. The fraction of sp³-hybridized carbons (Fsp3) is 0.357. The van der Waals surface area contributed by atoms with Crippen LogP contribution in [0.5, 0.6) is 0 Å². The Kier molecular flexibility index (Phi) is 2.80. The number of aryl methyl sites for hydroxylation is 1. The summed E-state index contributed by atoms with van der Waals surface area (Å²) in [6.45, 7) is 3.03. The molecule has 0 aliphatic carbocycles. The van der Waals surface area contributed by atoms with Crippen molar-refractivity contribution in [1.82, 2.24) is 14.7 Å². The molecule has 3 rings (SSSR count). The highest BCUT2D eigenvalue weighted by atomic mass is 15.3. The summed E-state index contributed by atoms with van der Waals surface area (Å²) in [5, 5.41) is 4.19. The number of rotatable bonds is 2. The van der Waals surface area contributed by atoms with E-state index in [4.69, 9.17) is 5.73 Å². The number of nitrogens with zero attached hydrogens (tertiary/aromatic N) is 3. The Hall–Kier alpha value is -1.81. The van der Waals surface area contributed by atoms with Gasteiger partial charge in [0.05, 0.1) is 5.69 Å². The number of fused-ring (bicyclic) bond motifs is 1. The molecule has 0 fully saturated rings. The molecule has 0 atom stereocenters. The van der Waals surface area contributed by atoms with E-state index in [2.05, 4.69) is 34.3 Å². The second-order valence-electron chi connectivity index (χ2n) is 4.91. The molecule has 0 amide bonds. The summed E-state index contributed by atoms with van der Waals surface area (Å²) in [7, 11) is 1.95. The summed E-state index contributed by atoms with van der Waals surface area (Å²) in [6.07, 6.45) is 1.13.